The van der Waals surface area contributed by atoms with Crippen molar-refractivity contribution in [2.45, 2.75) is 51.2 Å². The monoisotopic (exact) mass is 373 g/mol. The van der Waals surface area contributed by atoms with Crippen LogP contribution in [0.4, 0.5) is 0 Å². The van der Waals surface area contributed by atoms with Gasteiger partial charge in [-0.25, -0.2) is 0 Å². The lowest BCUT2D eigenvalue weighted by molar-refractivity contribution is -0.139. The van der Waals surface area contributed by atoms with Crippen molar-refractivity contribution in [3.8, 4) is 5.75 Å². The van der Waals surface area contributed by atoms with Gasteiger partial charge < -0.3 is 9.64 Å². The van der Waals surface area contributed by atoms with Gasteiger partial charge in [0.25, 0.3) is 5.91 Å². The van der Waals surface area contributed by atoms with Crippen LogP contribution in [0.1, 0.15) is 39.0 Å². The van der Waals surface area contributed by atoms with Crippen LogP contribution in [0.25, 0.3) is 0 Å². The first-order valence-electron chi connectivity index (χ1n) is 7.37. The van der Waals surface area contributed by atoms with Gasteiger partial charge in [-0.05, 0) is 53.9 Å². The molecular weight excluding hydrogens is 354 g/mol. The Morgan fingerprint density at radius 2 is 2.05 bits per heavy atom. The lowest BCUT2D eigenvalue weighted by atomic mass is 9.94. The lowest BCUT2D eigenvalue weighted by Gasteiger charge is -2.33. The molecular formula is C16H21BrClNO2. The van der Waals surface area contributed by atoms with E-state index in [2.05, 4.69) is 15.9 Å². The molecule has 0 saturated heterocycles. The summed E-state index contributed by atoms with van der Waals surface area (Å²) in [5.41, 5.74) is 0. The van der Waals surface area contributed by atoms with Gasteiger partial charge in [0.15, 0.2) is 6.10 Å². The van der Waals surface area contributed by atoms with Gasteiger partial charge in [-0.3, -0.25) is 4.79 Å². The van der Waals surface area contributed by atoms with Crippen molar-refractivity contribution in [2.75, 3.05) is 7.05 Å². The largest absolute Gasteiger partial charge is 0.480 e. The van der Waals surface area contributed by atoms with Crippen LogP contribution in [0.2, 0.25) is 5.02 Å². The van der Waals surface area contributed by atoms with E-state index in [-0.39, 0.29) is 5.91 Å². The number of amides is 1. The molecule has 0 aromatic heterocycles. The Labute approximate surface area is 139 Å². The number of hydrogen-bond donors (Lipinski definition) is 0. The lowest BCUT2D eigenvalue weighted by Crippen LogP contribution is -2.44. The van der Waals surface area contributed by atoms with Crippen LogP contribution in [0.5, 0.6) is 5.75 Å². The van der Waals surface area contributed by atoms with Crippen LogP contribution in [-0.2, 0) is 4.79 Å². The summed E-state index contributed by atoms with van der Waals surface area (Å²) in [5.74, 6) is 0.668. The summed E-state index contributed by atoms with van der Waals surface area (Å²) in [7, 11) is 1.88. The number of halogens is 2. The Morgan fingerprint density at radius 3 is 2.67 bits per heavy atom. The fourth-order valence-corrected chi connectivity index (χ4v) is 3.52. The smallest absolute Gasteiger partial charge is 0.263 e. The Hall–Kier alpha value is -0.740. The summed E-state index contributed by atoms with van der Waals surface area (Å²) >= 11 is 9.31. The van der Waals surface area contributed by atoms with E-state index in [1.807, 2.05) is 11.9 Å². The maximum absolute atomic E-state index is 12.5. The third-order valence-corrected chi connectivity index (χ3v) is 4.87. The summed E-state index contributed by atoms with van der Waals surface area (Å²) in [5, 5.41) is 0.632. The highest BCUT2D eigenvalue weighted by atomic mass is 79.9. The van der Waals surface area contributed by atoms with Crippen LogP contribution < -0.4 is 4.74 Å². The molecule has 1 aliphatic carbocycles. The molecule has 1 aliphatic rings. The second kappa shape index (κ2) is 7.50. The van der Waals surface area contributed by atoms with Gasteiger partial charge >= 0.3 is 0 Å². The molecule has 1 atom stereocenters. The molecule has 0 bridgehead atoms. The predicted octanol–water partition coefficient (Wildman–Crippen LogP) is 4.66. The van der Waals surface area contributed by atoms with Gasteiger partial charge in [0.05, 0.1) is 4.47 Å². The summed E-state index contributed by atoms with van der Waals surface area (Å²) in [6.45, 7) is 1.79. The number of hydrogen-bond acceptors (Lipinski definition) is 2. The Balaban J connectivity index is 1.98. The van der Waals surface area contributed by atoms with Crippen LogP contribution in [0, 0.1) is 0 Å². The molecule has 1 aromatic carbocycles. The van der Waals surface area contributed by atoms with Crippen molar-refractivity contribution >= 4 is 33.4 Å². The molecule has 5 heteroatoms. The van der Waals surface area contributed by atoms with Crippen LogP contribution >= 0.6 is 27.5 Å². The maximum Gasteiger partial charge on any atom is 0.263 e. The van der Waals surface area contributed by atoms with E-state index in [9.17, 15) is 4.79 Å². The molecule has 0 heterocycles. The van der Waals surface area contributed by atoms with Gasteiger partial charge in [0.2, 0.25) is 0 Å². The van der Waals surface area contributed by atoms with Crippen LogP contribution in [0.3, 0.4) is 0 Å². The molecule has 1 saturated carbocycles. The molecule has 1 amide bonds. The predicted molar refractivity (Wildman–Crippen MR) is 88.9 cm³/mol. The zero-order valence-corrected chi connectivity index (χ0v) is 14.8. The summed E-state index contributed by atoms with van der Waals surface area (Å²) < 4.78 is 6.54. The van der Waals surface area contributed by atoms with Gasteiger partial charge in [-0.15, -0.1) is 0 Å². The molecule has 0 spiro atoms. The molecule has 0 N–H and O–H groups in total. The average molecular weight is 375 g/mol. The van der Waals surface area contributed by atoms with Gasteiger partial charge in [0, 0.05) is 18.1 Å². The fourth-order valence-electron chi connectivity index (χ4n) is 2.75. The van der Waals surface area contributed by atoms with E-state index in [4.69, 9.17) is 16.3 Å². The van der Waals surface area contributed by atoms with Gasteiger partial charge in [0.1, 0.15) is 5.75 Å². The van der Waals surface area contributed by atoms with E-state index in [0.29, 0.717) is 16.8 Å². The number of ether oxygens (including phenoxy) is 1. The minimum atomic E-state index is -0.505. The summed E-state index contributed by atoms with van der Waals surface area (Å²) in [6, 6.07) is 5.64. The highest BCUT2D eigenvalue weighted by Crippen LogP contribution is 2.29. The van der Waals surface area contributed by atoms with Gasteiger partial charge in [-0.2, -0.15) is 0 Å². The zero-order valence-electron chi connectivity index (χ0n) is 12.4. The molecule has 0 aliphatic heterocycles. The molecule has 1 unspecified atom stereocenters. The Bertz CT molecular complexity index is 503. The van der Waals surface area contributed by atoms with Crippen molar-refractivity contribution in [1.29, 1.82) is 0 Å². The Kier molecular flexibility index (Phi) is 5.94. The Morgan fingerprint density at radius 1 is 1.38 bits per heavy atom. The van der Waals surface area contributed by atoms with Crippen LogP contribution in [0.15, 0.2) is 22.7 Å². The van der Waals surface area contributed by atoms with E-state index < -0.39 is 6.10 Å². The van der Waals surface area contributed by atoms with Crippen molar-refractivity contribution in [2.24, 2.45) is 0 Å². The number of carbonyl (C=O) groups is 1. The summed E-state index contributed by atoms with van der Waals surface area (Å²) in [6.07, 6.45) is 5.39. The highest BCUT2D eigenvalue weighted by Gasteiger charge is 2.26. The molecule has 21 heavy (non-hydrogen) atoms. The minimum absolute atomic E-state index is 0.0313. The molecule has 0 radical (unpaired) electrons. The number of carbonyl (C=O) groups excluding carboxylic acids is 1. The molecule has 1 fully saturated rings. The molecule has 3 nitrogen and oxygen atoms in total. The molecule has 2 rings (SSSR count). The summed E-state index contributed by atoms with van der Waals surface area (Å²) in [4.78, 5) is 14.3. The second-order valence-corrected chi connectivity index (χ2v) is 6.87. The van der Waals surface area contributed by atoms with E-state index in [0.717, 1.165) is 17.3 Å². The second-order valence-electron chi connectivity index (χ2n) is 5.58. The third kappa shape index (κ3) is 4.36. The minimum Gasteiger partial charge on any atom is -0.480 e. The zero-order chi connectivity index (χ0) is 15.4. The van der Waals surface area contributed by atoms with E-state index in [1.54, 1.807) is 25.1 Å². The molecule has 116 valence electrons. The van der Waals surface area contributed by atoms with Crippen molar-refractivity contribution in [3.05, 3.63) is 27.7 Å². The third-order valence-electron chi connectivity index (χ3n) is 4.02. The van der Waals surface area contributed by atoms with Crippen LogP contribution in [-0.4, -0.2) is 30.0 Å². The van der Waals surface area contributed by atoms with Gasteiger partial charge in [-0.1, -0.05) is 30.9 Å². The van der Waals surface area contributed by atoms with Crippen molar-refractivity contribution in [1.82, 2.24) is 4.90 Å². The molecule has 1 aromatic rings. The van der Waals surface area contributed by atoms with Crippen molar-refractivity contribution in [3.63, 3.8) is 0 Å². The van der Waals surface area contributed by atoms with E-state index in [1.165, 1.54) is 19.3 Å². The number of likely N-dealkylation sites (N-methyl/N-ethyl adjacent to an activating group) is 1. The topological polar surface area (TPSA) is 29.5 Å². The van der Waals surface area contributed by atoms with E-state index >= 15 is 0 Å². The first kappa shape index (κ1) is 16.6. The SMILES string of the molecule is CC(Oc1ccc(Cl)cc1Br)C(=O)N(C)C1CCCCC1. The maximum atomic E-state index is 12.5. The number of rotatable bonds is 4. The standard InChI is InChI=1S/C16H21BrClNO2/c1-11(21-15-9-8-12(18)10-14(15)17)16(20)19(2)13-6-4-3-5-7-13/h8-11,13H,3-7H2,1-2H3. The normalized spacial score (nSPS) is 17.3. The number of nitrogens with zero attached hydrogens (tertiary/aromatic N) is 1. The fraction of sp³-hybridized carbons (Fsp3) is 0.562. The first-order chi connectivity index (χ1) is 9.99. The highest BCUT2D eigenvalue weighted by molar-refractivity contribution is 9.10. The average Bonchev–Trinajstić information content (AvgIpc) is 2.49. The number of benzene rings is 1. The first-order valence-corrected chi connectivity index (χ1v) is 8.54. The van der Waals surface area contributed by atoms with Crippen molar-refractivity contribution < 1.29 is 9.53 Å². The quantitative estimate of drug-likeness (QED) is 0.767.